The Morgan fingerprint density at radius 1 is 1.00 bits per heavy atom. The van der Waals surface area contributed by atoms with E-state index >= 15 is 0 Å². The lowest BCUT2D eigenvalue weighted by molar-refractivity contribution is 0.316. The molecule has 1 aliphatic rings. The fraction of sp³-hybridized carbons (Fsp3) is 0.636. The quantitative estimate of drug-likeness (QED) is 0.525. The largest absolute Gasteiger partial charge is 0.120 e. The van der Waals surface area contributed by atoms with E-state index in [4.69, 9.17) is 12.8 Å². The molecule has 0 aliphatic heterocycles. The smallest absolute Gasteiger partial charge is 0.0152 e. The van der Waals surface area contributed by atoms with Gasteiger partial charge in [-0.3, -0.25) is 0 Å². The van der Waals surface area contributed by atoms with Crippen LogP contribution in [0, 0.1) is 30.1 Å². The number of hydrogen-bond donors (Lipinski definition) is 0. The average molecular weight is 146 g/mol. The Morgan fingerprint density at radius 2 is 1.45 bits per heavy atom. The van der Waals surface area contributed by atoms with Crippen molar-refractivity contribution >= 4 is 0 Å². The highest BCUT2D eigenvalue weighted by atomic mass is 14.3. The van der Waals surface area contributed by atoms with E-state index in [1.165, 1.54) is 25.7 Å². The highest BCUT2D eigenvalue weighted by Gasteiger charge is 2.31. The molecule has 0 heterocycles. The summed E-state index contributed by atoms with van der Waals surface area (Å²) in [6.07, 6.45) is 17.4. The molecular formula is C11H14. The van der Waals surface area contributed by atoms with E-state index in [0.717, 1.165) is 12.8 Å². The minimum Gasteiger partial charge on any atom is -0.120 e. The monoisotopic (exact) mass is 146 g/mol. The summed E-state index contributed by atoms with van der Waals surface area (Å²) in [5.41, 5.74) is 0.323. The molecule has 0 heteroatoms. The molecule has 58 valence electrons. The van der Waals surface area contributed by atoms with E-state index < -0.39 is 0 Å². The van der Waals surface area contributed by atoms with Crippen LogP contribution in [0.3, 0.4) is 0 Å². The van der Waals surface area contributed by atoms with Gasteiger partial charge < -0.3 is 0 Å². The van der Waals surface area contributed by atoms with Gasteiger partial charge in [0.1, 0.15) is 0 Å². The molecule has 0 spiro atoms. The zero-order valence-electron chi connectivity index (χ0n) is 6.90. The fourth-order valence-corrected chi connectivity index (χ4v) is 1.97. The van der Waals surface area contributed by atoms with Crippen LogP contribution in [0.2, 0.25) is 0 Å². The molecule has 0 aromatic heterocycles. The molecule has 0 saturated heterocycles. The molecule has 0 nitrogen and oxygen atoms in total. The van der Waals surface area contributed by atoms with Gasteiger partial charge in [0.15, 0.2) is 0 Å². The summed E-state index contributed by atoms with van der Waals surface area (Å²) in [6, 6.07) is 0. The maximum Gasteiger partial charge on any atom is 0.0152 e. The molecule has 1 fully saturated rings. The van der Waals surface area contributed by atoms with Gasteiger partial charge in [-0.1, -0.05) is 12.8 Å². The molecule has 1 saturated carbocycles. The van der Waals surface area contributed by atoms with Gasteiger partial charge in [-0.15, -0.1) is 24.7 Å². The standard InChI is InChI=1S/C11H14/c1-3-7-11(8-4-2)9-5-6-10-11/h1-2H,5-10H2. The van der Waals surface area contributed by atoms with Crippen molar-refractivity contribution in [3.63, 3.8) is 0 Å². The lowest BCUT2D eigenvalue weighted by Crippen LogP contribution is -2.14. The van der Waals surface area contributed by atoms with Gasteiger partial charge in [-0.05, 0) is 18.3 Å². The lowest BCUT2D eigenvalue weighted by Gasteiger charge is -2.23. The topological polar surface area (TPSA) is 0 Å². The van der Waals surface area contributed by atoms with Crippen LogP contribution in [0.15, 0.2) is 0 Å². The molecule has 1 aliphatic carbocycles. The first-order valence-electron chi connectivity index (χ1n) is 4.20. The SMILES string of the molecule is C#CCC1(CC#C)CCCC1. The number of hydrogen-bond acceptors (Lipinski definition) is 0. The Hall–Kier alpha value is -0.880. The molecule has 0 radical (unpaired) electrons. The lowest BCUT2D eigenvalue weighted by atomic mass is 9.80. The van der Waals surface area contributed by atoms with Crippen LogP contribution in [0.1, 0.15) is 38.5 Å². The third-order valence-corrected chi connectivity index (χ3v) is 2.62. The minimum atomic E-state index is 0.323. The maximum atomic E-state index is 5.31. The van der Waals surface area contributed by atoms with Crippen molar-refractivity contribution in [2.24, 2.45) is 5.41 Å². The summed E-state index contributed by atoms with van der Waals surface area (Å²) >= 11 is 0. The molecule has 1 rings (SSSR count). The van der Waals surface area contributed by atoms with E-state index in [1.807, 2.05) is 0 Å². The van der Waals surface area contributed by atoms with E-state index in [9.17, 15) is 0 Å². The van der Waals surface area contributed by atoms with E-state index in [1.54, 1.807) is 0 Å². The molecular weight excluding hydrogens is 132 g/mol. The normalized spacial score (nSPS) is 20.5. The molecule has 0 N–H and O–H groups in total. The molecule has 0 atom stereocenters. The van der Waals surface area contributed by atoms with Gasteiger partial charge in [-0.25, -0.2) is 0 Å². The second-order valence-corrected chi connectivity index (χ2v) is 3.47. The molecule has 0 bridgehead atoms. The second kappa shape index (κ2) is 3.49. The first-order chi connectivity index (χ1) is 5.33. The van der Waals surface area contributed by atoms with E-state index in [-0.39, 0.29) is 0 Å². The summed E-state index contributed by atoms with van der Waals surface area (Å²) in [7, 11) is 0. The fourth-order valence-electron chi connectivity index (χ4n) is 1.97. The van der Waals surface area contributed by atoms with Crippen molar-refractivity contribution in [1.82, 2.24) is 0 Å². The Balaban J connectivity index is 2.57. The van der Waals surface area contributed by atoms with Crippen molar-refractivity contribution in [2.75, 3.05) is 0 Å². The summed E-state index contributed by atoms with van der Waals surface area (Å²) in [5, 5.41) is 0. The van der Waals surface area contributed by atoms with Crippen molar-refractivity contribution < 1.29 is 0 Å². The van der Waals surface area contributed by atoms with Gasteiger partial charge in [0.2, 0.25) is 0 Å². The van der Waals surface area contributed by atoms with Crippen LogP contribution in [0.25, 0.3) is 0 Å². The average Bonchev–Trinajstić information content (AvgIpc) is 2.39. The second-order valence-electron chi connectivity index (χ2n) is 3.47. The minimum absolute atomic E-state index is 0.323. The first-order valence-corrected chi connectivity index (χ1v) is 4.20. The van der Waals surface area contributed by atoms with Crippen molar-refractivity contribution in [1.29, 1.82) is 0 Å². The predicted octanol–water partition coefficient (Wildman–Crippen LogP) is 2.59. The van der Waals surface area contributed by atoms with Crippen LogP contribution in [0.4, 0.5) is 0 Å². The van der Waals surface area contributed by atoms with Crippen LogP contribution in [-0.2, 0) is 0 Å². The van der Waals surface area contributed by atoms with Gasteiger partial charge in [0.25, 0.3) is 0 Å². The third-order valence-electron chi connectivity index (χ3n) is 2.62. The highest BCUT2D eigenvalue weighted by Crippen LogP contribution is 2.43. The molecule has 0 aromatic rings. The molecule has 0 aromatic carbocycles. The van der Waals surface area contributed by atoms with Crippen LogP contribution >= 0.6 is 0 Å². The van der Waals surface area contributed by atoms with Crippen LogP contribution < -0.4 is 0 Å². The first kappa shape index (κ1) is 8.22. The zero-order valence-corrected chi connectivity index (χ0v) is 6.90. The summed E-state index contributed by atoms with van der Waals surface area (Å²) in [5.74, 6) is 5.48. The van der Waals surface area contributed by atoms with Crippen LogP contribution in [-0.4, -0.2) is 0 Å². The summed E-state index contributed by atoms with van der Waals surface area (Å²) in [4.78, 5) is 0. The Morgan fingerprint density at radius 3 is 1.82 bits per heavy atom. The predicted molar refractivity (Wildman–Crippen MR) is 47.8 cm³/mol. The van der Waals surface area contributed by atoms with E-state index in [2.05, 4.69) is 11.8 Å². The maximum absolute atomic E-state index is 5.31. The molecule has 11 heavy (non-hydrogen) atoms. The Labute approximate surface area is 69.4 Å². The molecule has 0 amide bonds. The Bertz CT molecular complexity index is 175. The molecule has 0 unspecified atom stereocenters. The number of rotatable bonds is 2. The summed E-state index contributed by atoms with van der Waals surface area (Å²) < 4.78 is 0. The van der Waals surface area contributed by atoms with Crippen molar-refractivity contribution in [2.45, 2.75) is 38.5 Å². The van der Waals surface area contributed by atoms with Gasteiger partial charge in [-0.2, -0.15) is 0 Å². The zero-order chi connectivity index (χ0) is 8.16. The van der Waals surface area contributed by atoms with E-state index in [0.29, 0.717) is 5.41 Å². The van der Waals surface area contributed by atoms with Crippen LogP contribution in [0.5, 0.6) is 0 Å². The van der Waals surface area contributed by atoms with Crippen molar-refractivity contribution in [3.8, 4) is 24.7 Å². The highest BCUT2D eigenvalue weighted by molar-refractivity contribution is 5.03. The third kappa shape index (κ3) is 1.78. The Kier molecular flexibility index (Phi) is 2.61. The van der Waals surface area contributed by atoms with Gasteiger partial charge >= 0.3 is 0 Å². The van der Waals surface area contributed by atoms with Gasteiger partial charge in [0.05, 0.1) is 0 Å². The summed E-state index contributed by atoms with van der Waals surface area (Å²) in [6.45, 7) is 0. The van der Waals surface area contributed by atoms with Gasteiger partial charge in [0, 0.05) is 12.8 Å². The van der Waals surface area contributed by atoms with Crippen molar-refractivity contribution in [3.05, 3.63) is 0 Å². The number of terminal acetylenes is 2.